The number of ketones is 1. The van der Waals surface area contributed by atoms with E-state index in [1.807, 2.05) is 36.4 Å². The number of hydrogen-bond acceptors (Lipinski definition) is 5. The molecule has 2 aromatic heterocycles. The molecule has 4 aromatic rings. The first-order chi connectivity index (χ1) is 24.1. The van der Waals surface area contributed by atoms with E-state index in [1.165, 1.54) is 32.1 Å². The number of carbonyl (C=O) groups excluding carboxylic acids is 1. The Morgan fingerprint density at radius 3 is 1.42 bits per heavy atom. The van der Waals surface area contributed by atoms with Crippen LogP contribution in [-0.2, 0) is 41.6 Å². The number of hydrogen-bond donors (Lipinski definition) is 0. The molecule has 7 nitrogen and oxygen atoms in total. The highest BCUT2D eigenvalue weighted by atomic mass is 35.5. The molecule has 0 spiro atoms. The van der Waals surface area contributed by atoms with Gasteiger partial charge in [0, 0.05) is 61.7 Å². The lowest BCUT2D eigenvalue weighted by Gasteiger charge is -2.47. The second-order valence-electron chi connectivity index (χ2n) is 13.9. The molecule has 2 aromatic carbocycles. The maximum atomic E-state index is 13.9. The quantitative estimate of drug-likeness (QED) is 0.193. The van der Waals surface area contributed by atoms with Gasteiger partial charge in [0.15, 0.2) is 0 Å². The van der Waals surface area contributed by atoms with Gasteiger partial charge >= 0.3 is 0 Å². The van der Waals surface area contributed by atoms with Gasteiger partial charge in [-0.05, 0) is 61.1 Å². The maximum absolute atomic E-state index is 13.9. The zero-order valence-electron chi connectivity index (χ0n) is 28.0. The van der Waals surface area contributed by atoms with Crippen molar-refractivity contribution in [2.24, 2.45) is 0 Å². The Morgan fingerprint density at radius 2 is 1.00 bits per heavy atom. The minimum atomic E-state index is -2.65. The maximum Gasteiger partial charge on any atom is 0.250 e. The summed E-state index contributed by atoms with van der Waals surface area (Å²) in [7, 11) is 0. The number of aryl methyl sites for hydroxylation is 2. The lowest BCUT2D eigenvalue weighted by Crippen LogP contribution is -2.51. The molecule has 2 saturated carbocycles. The number of Topliss-reactive ketones (excluding diaryl/α,β-unsaturated/α-hetero) is 1. The molecule has 0 atom stereocenters. The first-order valence-corrected chi connectivity index (χ1v) is 19.3. The Balaban J connectivity index is 0.000000161. The Hall–Kier alpha value is -2.59. The molecular formula is C37H42Cl4F2N6O. The molecule has 0 saturated heterocycles. The summed E-state index contributed by atoms with van der Waals surface area (Å²) in [5.41, 5.74) is 0.916. The first-order valence-electron chi connectivity index (χ1n) is 17.5. The SMILES string of the molecule is ClCCl.FC1(F)CC(c2ccc(Cl)cc2)(c2nnc3n2CCCCCC3)C1.O=C1CC(c2ccc(Cl)cc2)(c2nnc3n2CCCCCC3)C1. The number of benzene rings is 2. The molecule has 0 unspecified atom stereocenters. The second kappa shape index (κ2) is 16.0. The number of carbonyl (C=O) groups is 1. The first kappa shape index (κ1) is 37.2. The molecule has 8 rings (SSSR count). The van der Waals surface area contributed by atoms with E-state index in [1.54, 1.807) is 12.1 Å². The van der Waals surface area contributed by atoms with E-state index in [-0.39, 0.29) is 23.6 Å². The lowest BCUT2D eigenvalue weighted by molar-refractivity contribution is -0.127. The Labute approximate surface area is 312 Å². The van der Waals surface area contributed by atoms with Gasteiger partial charge in [-0.25, -0.2) is 8.78 Å². The average molecular weight is 767 g/mol. The van der Waals surface area contributed by atoms with Crippen LogP contribution < -0.4 is 0 Å². The Kier molecular flexibility index (Phi) is 11.9. The zero-order valence-corrected chi connectivity index (χ0v) is 31.0. The third kappa shape index (κ3) is 7.76. The molecule has 2 fully saturated rings. The minimum Gasteiger partial charge on any atom is -0.314 e. The summed E-state index contributed by atoms with van der Waals surface area (Å²) in [6.45, 7) is 1.78. The normalized spacial score (nSPS) is 20.3. The number of fused-ring (bicyclic) bond motifs is 2. The van der Waals surface area contributed by atoms with Gasteiger partial charge in [-0.2, -0.15) is 0 Å². The van der Waals surface area contributed by atoms with Crippen LogP contribution in [0.2, 0.25) is 10.0 Å². The minimum absolute atomic E-state index is 0.194. The summed E-state index contributed by atoms with van der Waals surface area (Å²) >= 11 is 21.5. The lowest BCUT2D eigenvalue weighted by atomic mass is 9.61. The van der Waals surface area contributed by atoms with Crippen molar-refractivity contribution in [3.8, 4) is 0 Å². The van der Waals surface area contributed by atoms with Gasteiger partial charge in [-0.3, -0.25) is 4.79 Å². The molecule has 0 amide bonds. The van der Waals surface area contributed by atoms with Crippen LogP contribution in [0.3, 0.4) is 0 Å². The van der Waals surface area contributed by atoms with Crippen LogP contribution in [0.1, 0.15) is 111 Å². The second-order valence-corrected chi connectivity index (χ2v) is 15.6. The van der Waals surface area contributed by atoms with Crippen LogP contribution in [0.25, 0.3) is 0 Å². The van der Waals surface area contributed by atoms with E-state index in [9.17, 15) is 13.6 Å². The molecule has 2 aliphatic heterocycles. The topological polar surface area (TPSA) is 78.5 Å². The number of halogens is 6. The third-order valence-corrected chi connectivity index (χ3v) is 11.0. The predicted octanol–water partition coefficient (Wildman–Crippen LogP) is 9.88. The Bertz CT molecular complexity index is 1740. The van der Waals surface area contributed by atoms with Crippen molar-refractivity contribution in [3.63, 3.8) is 0 Å². The van der Waals surface area contributed by atoms with Gasteiger partial charge in [0.2, 0.25) is 0 Å². The number of rotatable bonds is 4. The molecular weight excluding hydrogens is 724 g/mol. The molecule has 2 aliphatic carbocycles. The summed E-state index contributed by atoms with van der Waals surface area (Å²) in [4.78, 5) is 11.9. The molecule has 13 heteroatoms. The van der Waals surface area contributed by atoms with E-state index in [0.29, 0.717) is 34.5 Å². The molecule has 50 heavy (non-hydrogen) atoms. The van der Waals surface area contributed by atoms with Crippen molar-refractivity contribution in [2.75, 3.05) is 5.34 Å². The van der Waals surface area contributed by atoms with Crippen LogP contribution >= 0.6 is 46.4 Å². The molecule has 0 bridgehead atoms. The highest BCUT2D eigenvalue weighted by Gasteiger charge is 2.60. The summed E-state index contributed by atoms with van der Waals surface area (Å²) in [6, 6.07) is 15.1. The zero-order chi connectivity index (χ0) is 35.4. The van der Waals surface area contributed by atoms with Gasteiger partial charge in [-0.15, -0.1) is 43.6 Å². The number of nitrogens with zero attached hydrogens (tertiary/aromatic N) is 6. The van der Waals surface area contributed by atoms with Crippen molar-refractivity contribution in [3.05, 3.63) is 93.0 Å². The van der Waals surface area contributed by atoms with Crippen molar-refractivity contribution in [2.45, 2.75) is 120 Å². The van der Waals surface area contributed by atoms with Crippen molar-refractivity contribution >= 4 is 52.2 Å². The largest absolute Gasteiger partial charge is 0.314 e. The van der Waals surface area contributed by atoms with Crippen molar-refractivity contribution in [1.82, 2.24) is 29.5 Å². The highest BCUT2D eigenvalue weighted by molar-refractivity contribution is 6.40. The fourth-order valence-electron chi connectivity index (χ4n) is 8.00. The fraction of sp³-hybridized carbons (Fsp3) is 0.541. The van der Waals surface area contributed by atoms with Gasteiger partial charge in [0.05, 0.1) is 16.2 Å². The van der Waals surface area contributed by atoms with Gasteiger partial charge in [-0.1, -0.05) is 73.2 Å². The summed E-state index contributed by atoms with van der Waals surface area (Å²) < 4.78 is 32.1. The van der Waals surface area contributed by atoms with E-state index < -0.39 is 11.3 Å². The van der Waals surface area contributed by atoms with Crippen LogP contribution in [0.5, 0.6) is 0 Å². The summed E-state index contributed by atoms with van der Waals surface area (Å²) in [6.07, 6.45) is 11.8. The van der Waals surface area contributed by atoms with Crippen LogP contribution in [0.15, 0.2) is 48.5 Å². The average Bonchev–Trinajstić information content (AvgIpc) is 3.62. The predicted molar refractivity (Wildman–Crippen MR) is 194 cm³/mol. The highest BCUT2D eigenvalue weighted by Crippen LogP contribution is 2.57. The van der Waals surface area contributed by atoms with E-state index in [4.69, 9.17) is 46.4 Å². The number of aromatic nitrogens is 6. The number of alkyl halides is 4. The standard InChI is InChI=1S/C18H20ClF2N3.C18H20ClN3O.CH2Cl2/c19-14-8-6-13(7-9-14)17(11-18(20,21)12-17)16-23-22-15-5-3-1-2-4-10-24(15)16;19-14-8-6-13(7-9-14)18(11-15(23)12-18)17-21-20-16-5-3-1-2-4-10-22(16)17;2-1-3/h6-9H,1-5,10-12H2;6-9H,1-5,10-12H2;1H2. The Morgan fingerprint density at radius 1 is 0.600 bits per heavy atom. The molecule has 4 heterocycles. The van der Waals surface area contributed by atoms with Gasteiger partial charge in [0.1, 0.15) is 29.1 Å². The summed E-state index contributed by atoms with van der Waals surface area (Å²) in [5, 5.41) is 19.2. The van der Waals surface area contributed by atoms with Gasteiger partial charge < -0.3 is 9.13 Å². The summed E-state index contributed by atoms with van der Waals surface area (Å²) in [5.74, 6) is 1.33. The molecule has 4 aliphatic rings. The van der Waals surface area contributed by atoms with E-state index >= 15 is 0 Å². The molecule has 0 radical (unpaired) electrons. The van der Waals surface area contributed by atoms with Crippen LogP contribution in [0, 0.1) is 0 Å². The molecule has 0 N–H and O–H groups in total. The molecule has 268 valence electrons. The van der Waals surface area contributed by atoms with E-state index in [0.717, 1.165) is 73.8 Å². The van der Waals surface area contributed by atoms with Crippen molar-refractivity contribution < 1.29 is 13.6 Å². The van der Waals surface area contributed by atoms with Crippen molar-refractivity contribution in [1.29, 1.82) is 0 Å². The van der Waals surface area contributed by atoms with Crippen LogP contribution in [-0.4, -0.2) is 46.6 Å². The van der Waals surface area contributed by atoms with Gasteiger partial charge in [0.25, 0.3) is 5.92 Å². The van der Waals surface area contributed by atoms with Crippen LogP contribution in [0.4, 0.5) is 8.78 Å². The van der Waals surface area contributed by atoms with E-state index in [2.05, 4.69) is 29.5 Å². The smallest absolute Gasteiger partial charge is 0.250 e. The monoisotopic (exact) mass is 764 g/mol. The third-order valence-electron chi connectivity index (χ3n) is 10.5. The fourth-order valence-corrected chi connectivity index (χ4v) is 8.26.